The van der Waals surface area contributed by atoms with Crippen molar-refractivity contribution in [1.82, 2.24) is 9.55 Å². The molecule has 10 heteroatoms. The molecule has 1 fully saturated rings. The quantitative estimate of drug-likeness (QED) is 0.315. The number of carbonyl (C=O) groups is 1. The number of nitrogens with zero attached hydrogens (tertiary/aromatic N) is 2. The molecule has 186 valence electrons. The summed E-state index contributed by atoms with van der Waals surface area (Å²) in [5.74, 6) is -0.391. The van der Waals surface area contributed by atoms with Crippen LogP contribution >= 0.6 is 11.8 Å². The Hall–Kier alpha value is -1.98. The van der Waals surface area contributed by atoms with Gasteiger partial charge in [-0.1, -0.05) is 43.4 Å². The fourth-order valence-electron chi connectivity index (χ4n) is 4.43. The number of rotatable bonds is 9. The second-order valence-electron chi connectivity index (χ2n) is 9.74. The summed E-state index contributed by atoms with van der Waals surface area (Å²) in [6.45, 7) is 10.2. The predicted octanol–water partition coefficient (Wildman–Crippen LogP) is 2.92. The highest BCUT2D eigenvalue weighted by atomic mass is 32.2. The van der Waals surface area contributed by atoms with E-state index in [1.807, 2.05) is 45.2 Å². The van der Waals surface area contributed by atoms with Crippen molar-refractivity contribution in [1.29, 1.82) is 0 Å². The lowest BCUT2D eigenvalue weighted by molar-refractivity contribution is -0.119. The van der Waals surface area contributed by atoms with Crippen LogP contribution in [0.1, 0.15) is 31.1 Å². The maximum atomic E-state index is 14.1. The van der Waals surface area contributed by atoms with Gasteiger partial charge in [-0.2, -0.15) is 4.98 Å². The SMILES string of the molecule is CSCO[C@H]1[C@@H](C(=O)c2ccccc2)[C@@](n2ccc(N)nc2=O)([SiH](C)C)O[C@@H]1COC(C)(C)C. The average molecular weight is 506 g/mol. The van der Waals surface area contributed by atoms with Crippen LogP contribution in [0.15, 0.2) is 47.4 Å². The van der Waals surface area contributed by atoms with Gasteiger partial charge < -0.3 is 19.9 Å². The van der Waals surface area contributed by atoms with Crippen molar-refractivity contribution in [2.75, 3.05) is 24.5 Å². The first-order valence-electron chi connectivity index (χ1n) is 11.4. The van der Waals surface area contributed by atoms with E-state index >= 15 is 0 Å². The molecule has 0 aliphatic carbocycles. The van der Waals surface area contributed by atoms with Crippen molar-refractivity contribution in [3.05, 3.63) is 58.6 Å². The predicted molar refractivity (Wildman–Crippen MR) is 138 cm³/mol. The van der Waals surface area contributed by atoms with Crippen LogP contribution in [-0.4, -0.2) is 60.7 Å². The van der Waals surface area contributed by atoms with E-state index in [9.17, 15) is 9.59 Å². The average Bonchev–Trinajstić information content (AvgIpc) is 3.11. The second kappa shape index (κ2) is 10.7. The molecule has 1 aliphatic rings. The molecule has 1 aromatic carbocycles. The number of benzene rings is 1. The summed E-state index contributed by atoms with van der Waals surface area (Å²) in [7, 11) is -1.95. The fraction of sp³-hybridized carbons (Fsp3) is 0.542. The van der Waals surface area contributed by atoms with Crippen LogP contribution in [0.4, 0.5) is 5.82 Å². The Bertz CT molecular complexity index is 1040. The third-order valence-electron chi connectivity index (χ3n) is 5.91. The normalized spacial score (nSPS) is 25.1. The molecule has 0 radical (unpaired) electrons. The number of aromatic nitrogens is 2. The van der Waals surface area contributed by atoms with E-state index in [2.05, 4.69) is 18.1 Å². The van der Waals surface area contributed by atoms with E-state index in [0.717, 1.165) is 0 Å². The molecule has 2 heterocycles. The topological polar surface area (TPSA) is 106 Å². The van der Waals surface area contributed by atoms with Gasteiger partial charge in [-0.15, -0.1) is 11.8 Å². The highest BCUT2D eigenvalue weighted by Crippen LogP contribution is 2.45. The molecular weight excluding hydrogens is 470 g/mol. The van der Waals surface area contributed by atoms with Gasteiger partial charge in [0.25, 0.3) is 0 Å². The first-order valence-corrected chi connectivity index (χ1v) is 15.7. The maximum absolute atomic E-state index is 14.1. The molecule has 3 rings (SSSR count). The summed E-state index contributed by atoms with van der Waals surface area (Å²) in [4.78, 5) is 31.2. The van der Waals surface area contributed by atoms with E-state index in [-0.39, 0.29) is 18.2 Å². The largest absolute Gasteiger partial charge is 0.383 e. The Morgan fingerprint density at radius 1 is 1.26 bits per heavy atom. The molecule has 1 aromatic heterocycles. The lowest BCUT2D eigenvalue weighted by Crippen LogP contribution is -2.57. The number of Topliss-reactive ketones (excluding diaryl/α,β-unsaturated/α-hetero) is 1. The molecule has 0 bridgehead atoms. The van der Waals surface area contributed by atoms with E-state index in [4.69, 9.17) is 19.9 Å². The van der Waals surface area contributed by atoms with E-state index < -0.39 is 43.6 Å². The molecule has 0 saturated carbocycles. The highest BCUT2D eigenvalue weighted by Gasteiger charge is 2.62. The van der Waals surface area contributed by atoms with Crippen LogP contribution < -0.4 is 11.4 Å². The molecule has 4 atom stereocenters. The first kappa shape index (κ1) is 26.6. The third-order valence-corrected chi connectivity index (χ3v) is 8.71. The Labute approximate surface area is 206 Å². The number of anilines is 1. The Balaban J connectivity index is 2.21. The summed E-state index contributed by atoms with van der Waals surface area (Å²) in [6.07, 6.45) is 2.36. The summed E-state index contributed by atoms with van der Waals surface area (Å²) in [5.41, 5.74) is 5.36. The van der Waals surface area contributed by atoms with Gasteiger partial charge in [-0.05, 0) is 33.1 Å². The van der Waals surface area contributed by atoms with Gasteiger partial charge in [0.05, 0.1) is 32.9 Å². The van der Waals surface area contributed by atoms with Crippen molar-refractivity contribution in [2.45, 2.75) is 57.0 Å². The van der Waals surface area contributed by atoms with Gasteiger partial charge in [0.1, 0.15) is 23.4 Å². The Kier molecular flexibility index (Phi) is 8.41. The number of ketones is 1. The van der Waals surface area contributed by atoms with Crippen molar-refractivity contribution in [2.24, 2.45) is 5.92 Å². The molecule has 2 aromatic rings. The number of hydrogen-bond acceptors (Lipinski definition) is 8. The van der Waals surface area contributed by atoms with Crippen LogP contribution in [-0.2, 0) is 19.6 Å². The Morgan fingerprint density at radius 3 is 2.50 bits per heavy atom. The monoisotopic (exact) mass is 505 g/mol. The van der Waals surface area contributed by atoms with Crippen LogP contribution in [0.3, 0.4) is 0 Å². The minimum Gasteiger partial charge on any atom is -0.383 e. The zero-order valence-corrected chi connectivity index (χ0v) is 22.7. The van der Waals surface area contributed by atoms with Crippen LogP contribution in [0.2, 0.25) is 13.1 Å². The second-order valence-corrected chi connectivity index (χ2v) is 13.7. The van der Waals surface area contributed by atoms with Gasteiger partial charge >= 0.3 is 5.69 Å². The molecule has 1 saturated heterocycles. The van der Waals surface area contributed by atoms with Crippen LogP contribution in [0.25, 0.3) is 0 Å². The fourth-order valence-corrected chi connectivity index (χ4v) is 6.98. The minimum atomic E-state index is -1.95. The summed E-state index contributed by atoms with van der Waals surface area (Å²) < 4.78 is 20.6. The smallest absolute Gasteiger partial charge is 0.351 e. The third kappa shape index (κ3) is 5.46. The molecule has 0 spiro atoms. The van der Waals surface area contributed by atoms with Gasteiger partial charge in [-0.25, -0.2) is 4.79 Å². The van der Waals surface area contributed by atoms with Gasteiger partial charge in [0.15, 0.2) is 5.78 Å². The highest BCUT2D eigenvalue weighted by molar-refractivity contribution is 7.98. The van der Waals surface area contributed by atoms with Gasteiger partial charge in [0, 0.05) is 11.8 Å². The number of hydrogen-bond donors (Lipinski definition) is 1. The van der Waals surface area contributed by atoms with E-state index in [1.165, 1.54) is 16.3 Å². The van der Waals surface area contributed by atoms with Crippen molar-refractivity contribution >= 4 is 32.2 Å². The number of carbonyl (C=O) groups excluding carboxylic acids is 1. The maximum Gasteiger partial charge on any atom is 0.351 e. The number of nitrogen functional groups attached to an aromatic ring is 1. The minimum absolute atomic E-state index is 0.119. The summed E-state index contributed by atoms with van der Waals surface area (Å²) in [6, 6.07) is 10.6. The van der Waals surface area contributed by atoms with Gasteiger partial charge in [0.2, 0.25) is 0 Å². The standard InChI is InChI=1S/C24H35N3O5SSi/c1-23(2,3)31-14-17-21(30-15-33-4)19(20(28)16-10-8-7-9-11-16)24(32-17,34(5)6)27-13-12-18(25)26-22(27)29/h7-13,17,19,21,34H,14-15H2,1-6H3,(H2,25,26,29)/t17-,19-,21-,24+/m1/s1. The summed E-state index contributed by atoms with van der Waals surface area (Å²) >= 11 is 1.52. The van der Waals surface area contributed by atoms with E-state index in [1.54, 1.807) is 24.4 Å². The molecule has 0 amide bonds. The van der Waals surface area contributed by atoms with Gasteiger partial charge in [-0.3, -0.25) is 9.36 Å². The number of ether oxygens (including phenoxy) is 3. The lowest BCUT2D eigenvalue weighted by Gasteiger charge is -2.39. The van der Waals surface area contributed by atoms with Crippen LogP contribution in [0.5, 0.6) is 0 Å². The van der Waals surface area contributed by atoms with Crippen molar-refractivity contribution in [3.8, 4) is 0 Å². The number of thioether (sulfide) groups is 1. The lowest BCUT2D eigenvalue weighted by atomic mass is 9.90. The first-order chi connectivity index (χ1) is 16.0. The molecule has 2 N–H and O–H groups in total. The molecular formula is C24H35N3O5SSi. The zero-order chi connectivity index (χ0) is 25.1. The summed E-state index contributed by atoms with van der Waals surface area (Å²) in [5, 5.41) is -1.21. The van der Waals surface area contributed by atoms with E-state index in [0.29, 0.717) is 11.5 Å². The molecule has 0 unspecified atom stereocenters. The molecule has 1 aliphatic heterocycles. The van der Waals surface area contributed by atoms with Crippen molar-refractivity contribution in [3.63, 3.8) is 0 Å². The van der Waals surface area contributed by atoms with Crippen LogP contribution in [0, 0.1) is 5.92 Å². The molecule has 8 nitrogen and oxygen atoms in total. The number of nitrogens with two attached hydrogens (primary N) is 1. The Morgan fingerprint density at radius 2 is 1.94 bits per heavy atom. The van der Waals surface area contributed by atoms with Crippen molar-refractivity contribution < 1.29 is 19.0 Å². The molecule has 34 heavy (non-hydrogen) atoms. The zero-order valence-electron chi connectivity index (χ0n) is 20.7.